The average molecular weight is 246 g/mol. The molecule has 1 N–H and O–H groups in total. The summed E-state index contributed by atoms with van der Waals surface area (Å²) in [6.07, 6.45) is 0. The van der Waals surface area contributed by atoms with Crippen LogP contribution in [0.15, 0.2) is 30.3 Å². The molecule has 0 saturated heterocycles. The van der Waals surface area contributed by atoms with Crippen molar-refractivity contribution >= 4 is 5.97 Å². The molecule has 0 bridgehead atoms. The van der Waals surface area contributed by atoms with Crippen molar-refractivity contribution in [2.24, 2.45) is 7.05 Å². The first-order valence-corrected chi connectivity index (χ1v) is 5.52. The number of benzene rings is 1. The van der Waals surface area contributed by atoms with Gasteiger partial charge >= 0.3 is 5.97 Å². The standard InChI is InChI=1S/C13H14N2O3/c1-9-5-3-4-6-12(9)18-8-10-7-11(13(16)17)14-15(10)2/h3-7H,8H2,1-2H3,(H,16,17). The van der Waals surface area contributed by atoms with Crippen LogP contribution in [0.1, 0.15) is 21.7 Å². The molecule has 0 radical (unpaired) electrons. The fourth-order valence-electron chi connectivity index (χ4n) is 1.62. The minimum Gasteiger partial charge on any atom is -0.487 e. The number of carboxylic acids is 1. The second-order valence-electron chi connectivity index (χ2n) is 4.00. The van der Waals surface area contributed by atoms with Crippen LogP contribution in [0.25, 0.3) is 0 Å². The molecule has 5 heteroatoms. The Labute approximate surface area is 105 Å². The zero-order valence-electron chi connectivity index (χ0n) is 10.3. The van der Waals surface area contributed by atoms with Gasteiger partial charge in [0.15, 0.2) is 5.69 Å². The number of aryl methyl sites for hydroxylation is 2. The largest absolute Gasteiger partial charge is 0.487 e. The predicted molar refractivity (Wildman–Crippen MR) is 65.7 cm³/mol. The van der Waals surface area contributed by atoms with Crippen molar-refractivity contribution < 1.29 is 14.6 Å². The van der Waals surface area contributed by atoms with Crippen LogP contribution in [0.5, 0.6) is 5.75 Å². The van der Waals surface area contributed by atoms with E-state index >= 15 is 0 Å². The Balaban J connectivity index is 2.11. The molecule has 0 aliphatic heterocycles. The van der Waals surface area contributed by atoms with Crippen molar-refractivity contribution in [3.63, 3.8) is 0 Å². The third-order valence-electron chi connectivity index (χ3n) is 2.66. The Morgan fingerprint density at radius 1 is 1.44 bits per heavy atom. The lowest BCUT2D eigenvalue weighted by Gasteiger charge is -2.08. The molecule has 5 nitrogen and oxygen atoms in total. The van der Waals surface area contributed by atoms with Crippen molar-refractivity contribution in [2.75, 3.05) is 0 Å². The van der Waals surface area contributed by atoms with E-state index in [0.717, 1.165) is 17.0 Å². The van der Waals surface area contributed by atoms with E-state index in [4.69, 9.17) is 9.84 Å². The normalized spacial score (nSPS) is 10.3. The van der Waals surface area contributed by atoms with Crippen molar-refractivity contribution in [1.82, 2.24) is 9.78 Å². The summed E-state index contributed by atoms with van der Waals surface area (Å²) >= 11 is 0. The molecule has 0 spiro atoms. The summed E-state index contributed by atoms with van der Waals surface area (Å²) in [7, 11) is 1.70. The Morgan fingerprint density at radius 3 is 2.78 bits per heavy atom. The second kappa shape index (κ2) is 4.91. The smallest absolute Gasteiger partial charge is 0.356 e. The molecule has 1 heterocycles. The first-order chi connectivity index (χ1) is 8.58. The molecule has 1 aromatic carbocycles. The summed E-state index contributed by atoms with van der Waals surface area (Å²) in [5.74, 6) is -0.247. The minimum atomic E-state index is -1.03. The van der Waals surface area contributed by atoms with Crippen LogP contribution in [0.4, 0.5) is 0 Å². The molecule has 0 fully saturated rings. The first kappa shape index (κ1) is 12.2. The highest BCUT2D eigenvalue weighted by molar-refractivity contribution is 5.85. The maximum absolute atomic E-state index is 10.8. The highest BCUT2D eigenvalue weighted by Crippen LogP contribution is 2.18. The van der Waals surface area contributed by atoms with Gasteiger partial charge in [0.2, 0.25) is 0 Å². The van der Waals surface area contributed by atoms with Gasteiger partial charge in [-0.15, -0.1) is 0 Å². The van der Waals surface area contributed by atoms with Crippen LogP contribution >= 0.6 is 0 Å². The summed E-state index contributed by atoms with van der Waals surface area (Å²) in [6, 6.07) is 9.19. The van der Waals surface area contributed by atoms with Crippen LogP contribution in [0, 0.1) is 6.92 Å². The number of para-hydroxylation sites is 1. The van der Waals surface area contributed by atoms with E-state index in [1.165, 1.54) is 10.7 Å². The van der Waals surface area contributed by atoms with Gasteiger partial charge in [-0.2, -0.15) is 5.10 Å². The molecule has 0 amide bonds. The van der Waals surface area contributed by atoms with E-state index in [-0.39, 0.29) is 5.69 Å². The van der Waals surface area contributed by atoms with Gasteiger partial charge in [0, 0.05) is 7.05 Å². The van der Waals surface area contributed by atoms with Crippen LogP contribution in [0.2, 0.25) is 0 Å². The second-order valence-corrected chi connectivity index (χ2v) is 4.00. The molecular formula is C13H14N2O3. The molecule has 2 rings (SSSR count). The van der Waals surface area contributed by atoms with E-state index in [1.807, 2.05) is 31.2 Å². The number of aromatic nitrogens is 2. The molecule has 0 aliphatic carbocycles. The number of hydrogen-bond donors (Lipinski definition) is 1. The third-order valence-corrected chi connectivity index (χ3v) is 2.66. The summed E-state index contributed by atoms with van der Waals surface area (Å²) in [4.78, 5) is 10.8. The molecule has 0 atom stereocenters. The van der Waals surface area contributed by atoms with E-state index < -0.39 is 5.97 Å². The van der Waals surface area contributed by atoms with Gasteiger partial charge in [-0.3, -0.25) is 4.68 Å². The first-order valence-electron chi connectivity index (χ1n) is 5.52. The van der Waals surface area contributed by atoms with Crippen molar-refractivity contribution in [1.29, 1.82) is 0 Å². The highest BCUT2D eigenvalue weighted by atomic mass is 16.5. The molecular weight excluding hydrogens is 232 g/mol. The van der Waals surface area contributed by atoms with Crippen molar-refractivity contribution in [3.8, 4) is 5.75 Å². The lowest BCUT2D eigenvalue weighted by Crippen LogP contribution is -2.04. The predicted octanol–water partition coefficient (Wildman–Crippen LogP) is 2.01. The van der Waals surface area contributed by atoms with Gasteiger partial charge in [0.1, 0.15) is 12.4 Å². The quantitative estimate of drug-likeness (QED) is 0.896. The van der Waals surface area contributed by atoms with Crippen LogP contribution in [-0.4, -0.2) is 20.9 Å². The summed E-state index contributed by atoms with van der Waals surface area (Å²) in [6.45, 7) is 2.25. The molecule has 0 saturated carbocycles. The topological polar surface area (TPSA) is 64.3 Å². The van der Waals surface area contributed by atoms with Crippen molar-refractivity contribution in [3.05, 3.63) is 47.3 Å². The summed E-state index contributed by atoms with van der Waals surface area (Å²) < 4.78 is 7.16. The number of carbonyl (C=O) groups is 1. The number of hydrogen-bond acceptors (Lipinski definition) is 3. The molecule has 94 valence electrons. The lowest BCUT2D eigenvalue weighted by atomic mass is 10.2. The number of aromatic carboxylic acids is 1. The third kappa shape index (κ3) is 2.51. The van der Waals surface area contributed by atoms with E-state index in [9.17, 15) is 4.79 Å². The zero-order chi connectivity index (χ0) is 13.1. The van der Waals surface area contributed by atoms with Crippen LogP contribution in [-0.2, 0) is 13.7 Å². The lowest BCUT2D eigenvalue weighted by molar-refractivity contribution is 0.0689. The SMILES string of the molecule is Cc1ccccc1OCc1cc(C(=O)O)nn1C. The Morgan fingerprint density at radius 2 is 2.17 bits per heavy atom. The summed E-state index contributed by atoms with van der Waals surface area (Å²) in [5, 5.41) is 12.7. The molecule has 0 aliphatic rings. The van der Waals surface area contributed by atoms with Gasteiger partial charge in [-0.25, -0.2) is 4.79 Å². The average Bonchev–Trinajstić information content (AvgIpc) is 2.70. The van der Waals surface area contributed by atoms with Gasteiger partial charge in [-0.1, -0.05) is 18.2 Å². The summed E-state index contributed by atoms with van der Waals surface area (Å²) in [5.41, 5.74) is 1.79. The van der Waals surface area contributed by atoms with Crippen LogP contribution < -0.4 is 4.74 Å². The molecule has 0 unspecified atom stereocenters. The van der Waals surface area contributed by atoms with E-state index in [2.05, 4.69) is 5.10 Å². The van der Waals surface area contributed by atoms with E-state index in [0.29, 0.717) is 6.61 Å². The van der Waals surface area contributed by atoms with Crippen molar-refractivity contribution in [2.45, 2.75) is 13.5 Å². The fraction of sp³-hybridized carbons (Fsp3) is 0.231. The molecule has 18 heavy (non-hydrogen) atoms. The van der Waals surface area contributed by atoms with Gasteiger partial charge < -0.3 is 9.84 Å². The van der Waals surface area contributed by atoms with Gasteiger partial charge in [-0.05, 0) is 24.6 Å². The maximum Gasteiger partial charge on any atom is 0.356 e. The Kier molecular flexibility index (Phi) is 3.32. The zero-order valence-corrected chi connectivity index (χ0v) is 10.3. The number of carboxylic acid groups (broad SMARTS) is 1. The monoisotopic (exact) mass is 246 g/mol. The number of nitrogens with zero attached hydrogens (tertiary/aromatic N) is 2. The fourth-order valence-corrected chi connectivity index (χ4v) is 1.62. The Hall–Kier alpha value is -2.30. The van der Waals surface area contributed by atoms with Crippen LogP contribution in [0.3, 0.4) is 0 Å². The van der Waals surface area contributed by atoms with Gasteiger partial charge in [0.25, 0.3) is 0 Å². The maximum atomic E-state index is 10.8. The highest BCUT2D eigenvalue weighted by Gasteiger charge is 2.11. The molecule has 2 aromatic rings. The van der Waals surface area contributed by atoms with E-state index in [1.54, 1.807) is 7.05 Å². The number of rotatable bonds is 4. The number of ether oxygens (including phenoxy) is 1. The molecule has 1 aromatic heterocycles. The van der Waals surface area contributed by atoms with Gasteiger partial charge in [0.05, 0.1) is 5.69 Å². The Bertz CT molecular complexity index is 575. The minimum absolute atomic E-state index is 0.0286.